The Kier molecular flexibility index (Phi) is 21.0. The summed E-state index contributed by atoms with van der Waals surface area (Å²) >= 11 is 0. The van der Waals surface area contributed by atoms with Gasteiger partial charge in [0, 0.05) is 87.9 Å². The van der Waals surface area contributed by atoms with Gasteiger partial charge in [0.15, 0.2) is 0 Å². The van der Waals surface area contributed by atoms with E-state index in [1.807, 2.05) is 64.1 Å². The van der Waals surface area contributed by atoms with Gasteiger partial charge in [0.25, 0.3) is 11.4 Å². The molecular weight excluding hydrogens is 955 g/mol. The molecule has 19 nitrogen and oxygen atoms in total. The molecule has 1 N–H and O–H groups in total. The molecule has 0 saturated heterocycles. The van der Waals surface area contributed by atoms with Crippen LogP contribution in [0.5, 0.6) is 0 Å². The second kappa shape index (κ2) is 26.6. The summed E-state index contributed by atoms with van der Waals surface area (Å²) in [5, 5.41) is 42.4. The first-order valence-electron chi connectivity index (χ1n) is 24.1. The number of oxime groups is 2. The van der Waals surface area contributed by atoms with E-state index in [-0.39, 0.29) is 11.4 Å². The molecule has 384 valence electrons. The van der Waals surface area contributed by atoms with E-state index in [4.69, 9.17) is 28.1 Å². The van der Waals surface area contributed by atoms with Crippen molar-refractivity contribution in [2.75, 3.05) is 38.8 Å². The molecule has 0 bridgehead atoms. The highest BCUT2D eigenvalue weighted by Crippen LogP contribution is 2.49. The van der Waals surface area contributed by atoms with Crippen LogP contribution in [0.1, 0.15) is 111 Å². The smallest absolute Gasteiger partial charge is 0.331 e. The molecule has 6 rings (SSSR count). The number of aryl methyl sites for hydroxylation is 2. The summed E-state index contributed by atoms with van der Waals surface area (Å²) in [6.45, 7) is 14.9. The number of benzene rings is 4. The molecule has 0 aliphatic rings. The van der Waals surface area contributed by atoms with E-state index in [0.717, 1.165) is 119 Å². The summed E-state index contributed by atoms with van der Waals surface area (Å²) in [4.78, 5) is 37.9. The van der Waals surface area contributed by atoms with Gasteiger partial charge in [-0.25, -0.2) is 4.79 Å². The third-order valence-corrected chi connectivity index (χ3v) is 16.2. The van der Waals surface area contributed by atoms with Crippen molar-refractivity contribution in [2.24, 2.45) is 10.3 Å². The average Bonchev–Trinajstić information content (AvgIpc) is 3.83. The van der Waals surface area contributed by atoms with Gasteiger partial charge in [0.2, 0.25) is 0 Å². The Hall–Kier alpha value is -5.81. The number of aromatic nitrogens is 2. The number of rotatable bonds is 27. The maximum absolute atomic E-state index is 12.6. The number of nitro benzene ring substituents is 2. The quantitative estimate of drug-likeness (QED) is 0.00962. The SMILES string of the molecule is CCOP(=O)(CCCCCCn1c2ccc(/C(C)=N/O)cc2c2cc([N+](=O)[O-])ccc21)OCC.CCOP(=O)(CCCCCCn1c2ccc(/C(C)=N/OC(C)=O)cc2c2cc([N+](=O)[O-])ccc21)OCC. The van der Waals surface area contributed by atoms with Crippen LogP contribution >= 0.6 is 15.2 Å². The molecule has 0 saturated carbocycles. The zero-order valence-electron chi connectivity index (χ0n) is 41.7. The predicted molar refractivity (Wildman–Crippen MR) is 279 cm³/mol. The van der Waals surface area contributed by atoms with Crippen molar-refractivity contribution in [3.63, 3.8) is 0 Å². The topological polar surface area (TPSA) is 238 Å². The largest absolute Gasteiger partial charge is 0.411 e. The lowest BCUT2D eigenvalue weighted by molar-refractivity contribution is -0.384. The van der Waals surface area contributed by atoms with Gasteiger partial charge in [0.05, 0.1) is 60.0 Å². The first kappa shape index (κ1) is 56.1. The van der Waals surface area contributed by atoms with Crippen LogP contribution in [0.15, 0.2) is 83.1 Å². The third-order valence-electron chi connectivity index (χ3n) is 11.8. The molecule has 0 unspecified atom stereocenters. The number of fused-ring (bicyclic) bond motifs is 6. The maximum Gasteiger partial charge on any atom is 0.331 e. The molecule has 0 radical (unpaired) electrons. The van der Waals surface area contributed by atoms with E-state index in [1.54, 1.807) is 38.1 Å². The van der Waals surface area contributed by atoms with Crippen molar-refractivity contribution >= 4 is 87.6 Å². The summed E-state index contributed by atoms with van der Waals surface area (Å²) in [6.07, 6.45) is 7.80. The molecule has 0 fully saturated rings. The Labute approximate surface area is 413 Å². The zero-order valence-corrected chi connectivity index (χ0v) is 43.5. The number of non-ortho nitro benzene ring substituents is 2. The summed E-state index contributed by atoms with van der Waals surface area (Å²) in [5.41, 5.74) is 6.34. The highest BCUT2D eigenvalue weighted by Gasteiger charge is 2.24. The van der Waals surface area contributed by atoms with Gasteiger partial charge in [-0.05, 0) is 115 Å². The normalized spacial score (nSPS) is 12.5. The van der Waals surface area contributed by atoms with Gasteiger partial charge >= 0.3 is 21.2 Å². The van der Waals surface area contributed by atoms with Gasteiger partial charge in [-0.15, -0.1) is 0 Å². The van der Waals surface area contributed by atoms with E-state index < -0.39 is 31.0 Å². The van der Waals surface area contributed by atoms with Crippen molar-refractivity contribution in [3.05, 3.63) is 104 Å². The van der Waals surface area contributed by atoms with Gasteiger partial charge in [-0.2, -0.15) is 0 Å². The van der Waals surface area contributed by atoms with Crippen molar-refractivity contribution in [1.82, 2.24) is 9.13 Å². The van der Waals surface area contributed by atoms with Crippen LogP contribution in [0, 0.1) is 20.2 Å². The monoisotopic (exact) mass is 1020 g/mol. The fourth-order valence-electron chi connectivity index (χ4n) is 8.56. The van der Waals surface area contributed by atoms with E-state index in [2.05, 4.69) is 19.4 Å². The van der Waals surface area contributed by atoms with Crippen LogP contribution in [0.2, 0.25) is 0 Å². The number of nitro groups is 2. The van der Waals surface area contributed by atoms with Crippen LogP contribution in [-0.2, 0) is 49.9 Å². The maximum atomic E-state index is 12.6. The predicted octanol–water partition coefficient (Wildman–Crippen LogP) is 13.5. The van der Waals surface area contributed by atoms with Crippen molar-refractivity contribution in [3.8, 4) is 0 Å². The number of hydrogen-bond donors (Lipinski definition) is 1. The van der Waals surface area contributed by atoms with E-state index in [9.17, 15) is 34.2 Å². The highest BCUT2D eigenvalue weighted by molar-refractivity contribution is 7.54. The molecule has 0 spiro atoms. The summed E-state index contributed by atoms with van der Waals surface area (Å²) in [6, 6.07) is 21.4. The Balaban J connectivity index is 0.000000265. The summed E-state index contributed by atoms with van der Waals surface area (Å²) in [7, 11) is -6.01. The number of carbonyl (C=O) groups is 1. The Morgan fingerprint density at radius 1 is 0.549 bits per heavy atom. The van der Waals surface area contributed by atoms with Crippen LogP contribution in [0.4, 0.5) is 11.4 Å². The second-order valence-corrected chi connectivity index (χ2v) is 21.2. The van der Waals surface area contributed by atoms with E-state index in [1.165, 1.54) is 19.1 Å². The van der Waals surface area contributed by atoms with E-state index in [0.29, 0.717) is 50.2 Å². The standard InChI is InChI=1S/C26H34N3O7P.C24H32N3O6P/c1-5-34-37(33,35-6-2)16-10-8-7-9-15-28-25-13-11-21(19(3)27-36-20(4)30)17-23(25)24-18-22(29(31)32)12-14-26(24)28;1-4-32-34(31,33-5-2)15-9-7-6-8-14-26-23-12-10-19(18(3)25-28)16-21(23)22-17-20(27(29)30)11-13-24(22)26/h11-14,17-18H,5-10,15-16H2,1-4H3;10-13,16-17,28H,4-9,14-15H2,1-3H3/b27-19+;25-18+. The van der Waals surface area contributed by atoms with Gasteiger partial charge in [-0.3, -0.25) is 29.4 Å². The van der Waals surface area contributed by atoms with Crippen molar-refractivity contribution in [2.45, 2.75) is 113 Å². The van der Waals surface area contributed by atoms with Crippen molar-refractivity contribution in [1.29, 1.82) is 0 Å². The summed E-state index contributed by atoms with van der Waals surface area (Å²) < 4.78 is 51.0. The minimum Gasteiger partial charge on any atom is -0.411 e. The fraction of sp³-hybridized carbons (Fsp3) is 0.460. The molecule has 4 aromatic carbocycles. The molecule has 0 amide bonds. The highest BCUT2D eigenvalue weighted by atomic mass is 31.2. The van der Waals surface area contributed by atoms with Crippen LogP contribution in [0.3, 0.4) is 0 Å². The second-order valence-electron chi connectivity index (χ2n) is 16.8. The van der Waals surface area contributed by atoms with Crippen LogP contribution in [0.25, 0.3) is 43.6 Å². The molecule has 0 atom stereocenters. The number of nitrogens with zero attached hydrogens (tertiary/aromatic N) is 6. The fourth-order valence-corrected chi connectivity index (χ4v) is 12.0. The number of carbonyl (C=O) groups excluding carboxylic acids is 1. The minimum absolute atomic E-state index is 0.0234. The van der Waals surface area contributed by atoms with Gasteiger partial charge in [0.1, 0.15) is 0 Å². The molecule has 2 aromatic heterocycles. The number of hydrogen-bond acceptors (Lipinski definition) is 15. The van der Waals surface area contributed by atoms with Gasteiger partial charge < -0.3 is 37.3 Å². The van der Waals surface area contributed by atoms with E-state index >= 15 is 0 Å². The first-order valence-corrected chi connectivity index (χ1v) is 27.6. The zero-order chi connectivity index (χ0) is 51.7. The lowest BCUT2D eigenvalue weighted by Crippen LogP contribution is -2.01. The molecule has 6 aromatic rings. The molecule has 2 heterocycles. The van der Waals surface area contributed by atoms with Crippen molar-refractivity contribution < 1.29 is 51.9 Å². The number of unbranched alkanes of at least 4 members (excludes halogenated alkanes) is 6. The molecule has 0 aliphatic carbocycles. The van der Waals surface area contributed by atoms with Crippen LogP contribution in [-0.4, -0.2) is 80.3 Å². The first-order chi connectivity index (χ1) is 34.0. The average molecular weight is 1020 g/mol. The third kappa shape index (κ3) is 14.9. The summed E-state index contributed by atoms with van der Waals surface area (Å²) in [5.74, 6) is -0.508. The Morgan fingerprint density at radius 3 is 1.25 bits per heavy atom. The van der Waals surface area contributed by atoms with Gasteiger partial charge in [-0.1, -0.05) is 48.1 Å². The van der Waals surface area contributed by atoms with Crippen LogP contribution < -0.4 is 0 Å². The molecular formula is C50H66N6O13P2. The lowest BCUT2D eigenvalue weighted by Gasteiger charge is -2.16. The Morgan fingerprint density at radius 2 is 0.901 bits per heavy atom. The lowest BCUT2D eigenvalue weighted by atomic mass is 10.1. The minimum atomic E-state index is -3.02. The Bertz CT molecular complexity index is 2960. The molecule has 71 heavy (non-hydrogen) atoms. The molecule has 21 heteroatoms. The molecule has 0 aliphatic heterocycles.